The summed E-state index contributed by atoms with van der Waals surface area (Å²) in [4.78, 5) is 28.8. The van der Waals surface area contributed by atoms with Crippen LogP contribution in [-0.4, -0.2) is 48.9 Å². The van der Waals surface area contributed by atoms with Crippen LogP contribution >= 0.6 is 0 Å². The van der Waals surface area contributed by atoms with E-state index in [1.807, 2.05) is 14.1 Å². The fourth-order valence-electron chi connectivity index (χ4n) is 1.52. The molecule has 0 fully saturated rings. The summed E-state index contributed by atoms with van der Waals surface area (Å²) in [5.41, 5.74) is 0.489. The molecule has 0 aliphatic carbocycles. The molecule has 0 aliphatic rings. The SMILES string of the molecule is CC(=O)Nc1cc(C(=O)NCCCN(C)C)ccn1. The molecule has 6 heteroatoms. The molecule has 1 aromatic rings. The first kappa shape index (κ1) is 15.1. The number of rotatable bonds is 6. The summed E-state index contributed by atoms with van der Waals surface area (Å²) >= 11 is 0. The molecule has 0 spiro atoms. The van der Waals surface area contributed by atoms with Gasteiger partial charge in [0.2, 0.25) is 5.91 Å². The van der Waals surface area contributed by atoms with E-state index < -0.39 is 0 Å². The molecule has 0 aromatic carbocycles. The van der Waals surface area contributed by atoms with Crippen molar-refractivity contribution in [3.8, 4) is 0 Å². The number of aromatic nitrogens is 1. The second kappa shape index (κ2) is 7.48. The second-order valence-corrected chi connectivity index (χ2v) is 4.52. The first-order valence-electron chi connectivity index (χ1n) is 6.15. The Morgan fingerprint density at radius 1 is 1.37 bits per heavy atom. The van der Waals surface area contributed by atoms with Crippen molar-refractivity contribution in [2.45, 2.75) is 13.3 Å². The third-order valence-electron chi connectivity index (χ3n) is 2.39. The number of carbonyl (C=O) groups is 2. The molecule has 0 saturated heterocycles. The molecule has 6 nitrogen and oxygen atoms in total. The predicted molar refractivity (Wildman–Crippen MR) is 74.0 cm³/mol. The van der Waals surface area contributed by atoms with Crippen LogP contribution in [0, 0.1) is 0 Å². The Balaban J connectivity index is 2.50. The molecule has 1 heterocycles. The summed E-state index contributed by atoms with van der Waals surface area (Å²) in [5, 5.41) is 5.37. The van der Waals surface area contributed by atoms with Crippen molar-refractivity contribution >= 4 is 17.6 Å². The highest BCUT2D eigenvalue weighted by molar-refractivity contribution is 5.96. The van der Waals surface area contributed by atoms with Gasteiger partial charge >= 0.3 is 0 Å². The standard InChI is InChI=1S/C13H20N4O2/c1-10(18)16-12-9-11(5-7-14-12)13(19)15-6-4-8-17(2)3/h5,7,9H,4,6,8H2,1-3H3,(H,15,19)(H,14,16,18). The van der Waals surface area contributed by atoms with Crippen molar-refractivity contribution in [1.29, 1.82) is 0 Å². The highest BCUT2D eigenvalue weighted by atomic mass is 16.2. The van der Waals surface area contributed by atoms with Crippen LogP contribution in [0.25, 0.3) is 0 Å². The molecular formula is C13H20N4O2. The second-order valence-electron chi connectivity index (χ2n) is 4.52. The van der Waals surface area contributed by atoms with E-state index in [9.17, 15) is 9.59 Å². The van der Waals surface area contributed by atoms with Gasteiger partial charge in [-0.15, -0.1) is 0 Å². The van der Waals surface area contributed by atoms with E-state index >= 15 is 0 Å². The lowest BCUT2D eigenvalue weighted by Gasteiger charge is -2.10. The Labute approximate surface area is 113 Å². The molecule has 2 amide bonds. The van der Waals surface area contributed by atoms with Gasteiger partial charge in [0.15, 0.2) is 0 Å². The number of nitrogens with zero attached hydrogens (tertiary/aromatic N) is 2. The van der Waals surface area contributed by atoms with Crippen molar-refractivity contribution in [2.24, 2.45) is 0 Å². The van der Waals surface area contributed by atoms with Crippen molar-refractivity contribution in [2.75, 3.05) is 32.5 Å². The lowest BCUT2D eigenvalue weighted by atomic mass is 10.2. The van der Waals surface area contributed by atoms with E-state index in [1.54, 1.807) is 12.1 Å². The van der Waals surface area contributed by atoms with Crippen molar-refractivity contribution in [3.05, 3.63) is 23.9 Å². The Hall–Kier alpha value is -1.95. The van der Waals surface area contributed by atoms with Gasteiger partial charge in [-0.3, -0.25) is 9.59 Å². The van der Waals surface area contributed by atoms with E-state index in [4.69, 9.17) is 0 Å². The number of nitrogens with one attached hydrogen (secondary N) is 2. The van der Waals surface area contributed by atoms with Crippen LogP contribution in [0.5, 0.6) is 0 Å². The van der Waals surface area contributed by atoms with Crippen LogP contribution in [0.15, 0.2) is 18.3 Å². The third-order valence-corrected chi connectivity index (χ3v) is 2.39. The molecule has 104 valence electrons. The van der Waals surface area contributed by atoms with E-state index in [0.29, 0.717) is 17.9 Å². The molecule has 0 radical (unpaired) electrons. The van der Waals surface area contributed by atoms with Gasteiger partial charge in [0.1, 0.15) is 5.82 Å². The van der Waals surface area contributed by atoms with E-state index in [1.165, 1.54) is 13.1 Å². The number of carbonyl (C=O) groups excluding carboxylic acids is 2. The maximum atomic E-state index is 11.9. The molecule has 0 bridgehead atoms. The van der Waals surface area contributed by atoms with Crippen molar-refractivity contribution in [1.82, 2.24) is 15.2 Å². The minimum Gasteiger partial charge on any atom is -0.352 e. The Bertz CT molecular complexity index is 446. The topological polar surface area (TPSA) is 74.3 Å². The quantitative estimate of drug-likeness (QED) is 0.743. The van der Waals surface area contributed by atoms with Gasteiger partial charge in [-0.05, 0) is 39.2 Å². The first-order chi connectivity index (χ1) is 8.99. The fraction of sp³-hybridized carbons (Fsp3) is 0.462. The number of hydrogen-bond acceptors (Lipinski definition) is 4. The highest BCUT2D eigenvalue weighted by Crippen LogP contribution is 2.06. The highest BCUT2D eigenvalue weighted by Gasteiger charge is 2.06. The van der Waals surface area contributed by atoms with E-state index in [-0.39, 0.29) is 11.8 Å². The minimum absolute atomic E-state index is 0.159. The largest absolute Gasteiger partial charge is 0.352 e. The van der Waals surface area contributed by atoms with Crippen LogP contribution in [0.3, 0.4) is 0 Å². The van der Waals surface area contributed by atoms with Gasteiger partial charge in [0.05, 0.1) is 0 Å². The van der Waals surface area contributed by atoms with Crippen LogP contribution < -0.4 is 10.6 Å². The average Bonchev–Trinajstić information content (AvgIpc) is 2.33. The molecule has 0 aliphatic heterocycles. The fourth-order valence-corrected chi connectivity index (χ4v) is 1.52. The smallest absolute Gasteiger partial charge is 0.251 e. The van der Waals surface area contributed by atoms with E-state index in [0.717, 1.165) is 13.0 Å². The molecule has 19 heavy (non-hydrogen) atoms. The summed E-state index contributed by atoms with van der Waals surface area (Å²) in [7, 11) is 3.98. The molecule has 0 saturated carbocycles. The van der Waals surface area contributed by atoms with Gasteiger partial charge in [-0.25, -0.2) is 4.98 Å². The van der Waals surface area contributed by atoms with Crippen molar-refractivity contribution < 1.29 is 9.59 Å². The van der Waals surface area contributed by atoms with Gasteiger partial charge in [-0.2, -0.15) is 0 Å². The summed E-state index contributed by atoms with van der Waals surface area (Å²) in [6.07, 6.45) is 2.39. The maximum absolute atomic E-state index is 11.9. The van der Waals surface area contributed by atoms with Crippen LogP contribution in [-0.2, 0) is 4.79 Å². The normalized spacial score (nSPS) is 10.3. The van der Waals surface area contributed by atoms with Gasteiger partial charge in [-0.1, -0.05) is 0 Å². The Morgan fingerprint density at radius 2 is 2.11 bits per heavy atom. The van der Waals surface area contributed by atoms with Crippen LogP contribution in [0.1, 0.15) is 23.7 Å². The first-order valence-corrected chi connectivity index (χ1v) is 6.15. The predicted octanol–water partition coefficient (Wildman–Crippen LogP) is 0.721. The minimum atomic E-state index is -0.212. The number of amides is 2. The molecular weight excluding hydrogens is 244 g/mol. The monoisotopic (exact) mass is 264 g/mol. The Kier molecular flexibility index (Phi) is 5.95. The molecule has 0 unspecified atom stereocenters. The zero-order chi connectivity index (χ0) is 14.3. The third kappa shape index (κ3) is 5.96. The molecule has 0 atom stereocenters. The summed E-state index contributed by atoms with van der Waals surface area (Å²) in [6, 6.07) is 3.18. The summed E-state index contributed by atoms with van der Waals surface area (Å²) in [6.45, 7) is 2.94. The van der Waals surface area contributed by atoms with Crippen LogP contribution in [0.4, 0.5) is 5.82 Å². The summed E-state index contributed by atoms with van der Waals surface area (Å²) < 4.78 is 0. The van der Waals surface area contributed by atoms with E-state index in [2.05, 4.69) is 20.5 Å². The number of hydrogen-bond donors (Lipinski definition) is 2. The number of pyridine rings is 1. The van der Waals surface area contributed by atoms with Gasteiger partial charge in [0, 0.05) is 25.2 Å². The lowest BCUT2D eigenvalue weighted by molar-refractivity contribution is -0.114. The molecule has 1 rings (SSSR count). The lowest BCUT2D eigenvalue weighted by Crippen LogP contribution is -2.27. The Morgan fingerprint density at radius 3 is 2.74 bits per heavy atom. The van der Waals surface area contributed by atoms with Crippen molar-refractivity contribution in [3.63, 3.8) is 0 Å². The zero-order valence-electron chi connectivity index (χ0n) is 11.6. The maximum Gasteiger partial charge on any atom is 0.251 e. The number of anilines is 1. The van der Waals surface area contributed by atoms with Gasteiger partial charge < -0.3 is 15.5 Å². The van der Waals surface area contributed by atoms with Crippen LogP contribution in [0.2, 0.25) is 0 Å². The zero-order valence-corrected chi connectivity index (χ0v) is 11.6. The molecule has 2 N–H and O–H groups in total. The average molecular weight is 264 g/mol. The summed E-state index contributed by atoms with van der Waals surface area (Å²) in [5.74, 6) is 0.0113. The molecule has 1 aromatic heterocycles. The van der Waals surface area contributed by atoms with Gasteiger partial charge in [0.25, 0.3) is 5.91 Å².